The van der Waals surface area contributed by atoms with Crippen LogP contribution < -0.4 is 10.6 Å². The first-order valence-corrected chi connectivity index (χ1v) is 15.1. The lowest BCUT2D eigenvalue weighted by Crippen LogP contribution is -2.46. The van der Waals surface area contributed by atoms with E-state index in [4.69, 9.17) is 4.74 Å². The van der Waals surface area contributed by atoms with Crippen LogP contribution in [0.25, 0.3) is 0 Å². The van der Waals surface area contributed by atoms with Gasteiger partial charge < -0.3 is 20.3 Å². The molecule has 2 N–H and O–H groups in total. The van der Waals surface area contributed by atoms with E-state index < -0.39 is 23.7 Å². The second-order valence-electron chi connectivity index (χ2n) is 13.4. The van der Waals surface area contributed by atoms with E-state index in [-0.39, 0.29) is 23.8 Å². The normalized spacial score (nSPS) is 17.2. The van der Waals surface area contributed by atoms with Crippen molar-refractivity contribution in [1.82, 2.24) is 10.2 Å². The highest BCUT2D eigenvalue weighted by molar-refractivity contribution is 5.98. The quantitative estimate of drug-likeness (QED) is 0.314. The maximum Gasteiger partial charge on any atom is 0.407 e. The summed E-state index contributed by atoms with van der Waals surface area (Å²) in [5.41, 5.74) is 4.46. The highest BCUT2D eigenvalue weighted by Crippen LogP contribution is 2.39. The third-order valence-electron chi connectivity index (χ3n) is 7.73. The van der Waals surface area contributed by atoms with Crippen LogP contribution in [0.4, 0.5) is 10.5 Å². The molecule has 1 heterocycles. The molecule has 228 valence electrons. The zero-order chi connectivity index (χ0) is 31.4. The molecule has 0 bridgehead atoms. The number of likely N-dealkylation sites (tertiary alicyclic amines) is 1. The van der Waals surface area contributed by atoms with Crippen molar-refractivity contribution in [2.75, 3.05) is 11.9 Å². The summed E-state index contributed by atoms with van der Waals surface area (Å²) in [4.78, 5) is 42.2. The van der Waals surface area contributed by atoms with Gasteiger partial charge in [0.25, 0.3) is 5.91 Å². The molecule has 4 rings (SSSR count). The van der Waals surface area contributed by atoms with E-state index in [1.165, 1.54) is 0 Å². The molecule has 3 amide bonds. The monoisotopic (exact) mass is 583 g/mol. The average Bonchev–Trinajstić information content (AvgIpc) is 2.94. The Kier molecular flexibility index (Phi) is 9.63. The zero-order valence-electron chi connectivity index (χ0n) is 26.5. The number of hydrogen-bond acceptors (Lipinski definition) is 4. The number of carbonyl (C=O) groups is 3. The molecule has 43 heavy (non-hydrogen) atoms. The van der Waals surface area contributed by atoms with Gasteiger partial charge in [0.05, 0.1) is 12.0 Å². The highest BCUT2D eigenvalue weighted by atomic mass is 16.6. The fraction of sp³-hybridized carbons (Fsp3) is 0.417. The molecule has 3 aromatic carbocycles. The molecule has 1 aliphatic heterocycles. The summed E-state index contributed by atoms with van der Waals surface area (Å²) >= 11 is 0. The van der Waals surface area contributed by atoms with Gasteiger partial charge in [-0.05, 0) is 86.4 Å². The molecule has 0 saturated carbocycles. The lowest BCUT2D eigenvalue weighted by atomic mass is 9.82. The van der Waals surface area contributed by atoms with E-state index >= 15 is 0 Å². The third kappa shape index (κ3) is 8.25. The molecule has 7 heteroatoms. The molecule has 7 nitrogen and oxygen atoms in total. The summed E-state index contributed by atoms with van der Waals surface area (Å²) in [6.45, 7) is 14.6. The molecule has 0 spiro atoms. The van der Waals surface area contributed by atoms with Crippen molar-refractivity contribution >= 4 is 23.6 Å². The van der Waals surface area contributed by atoms with Crippen LogP contribution in [0.5, 0.6) is 0 Å². The Labute approximate surface area is 256 Å². The number of anilines is 1. The van der Waals surface area contributed by atoms with E-state index in [0.717, 1.165) is 27.9 Å². The number of alkyl carbamates (subject to hydrolysis) is 1. The lowest BCUT2D eigenvalue weighted by Gasteiger charge is -2.41. The number of rotatable bonds is 6. The van der Waals surface area contributed by atoms with E-state index in [9.17, 15) is 14.4 Å². The summed E-state index contributed by atoms with van der Waals surface area (Å²) in [6, 6.07) is 22.8. The molecule has 2 atom stereocenters. The van der Waals surface area contributed by atoms with Gasteiger partial charge in [-0.25, -0.2) is 4.79 Å². The fourth-order valence-electron chi connectivity index (χ4n) is 5.55. The van der Waals surface area contributed by atoms with Gasteiger partial charge in [0.2, 0.25) is 5.91 Å². The molecule has 1 saturated heterocycles. The van der Waals surface area contributed by atoms with Crippen molar-refractivity contribution in [2.45, 2.75) is 84.9 Å². The number of benzene rings is 3. The molecule has 3 aromatic rings. The predicted octanol–water partition coefficient (Wildman–Crippen LogP) is 7.55. The van der Waals surface area contributed by atoms with Crippen molar-refractivity contribution in [3.05, 3.63) is 101 Å². The molecule has 0 radical (unpaired) electrons. The number of hydrogen-bond donors (Lipinski definition) is 2. The Bertz CT molecular complexity index is 1470. The van der Waals surface area contributed by atoms with Crippen LogP contribution in [0.1, 0.15) is 93.0 Å². The molecular weight excluding hydrogens is 538 g/mol. The minimum atomic E-state index is -0.600. The van der Waals surface area contributed by atoms with Gasteiger partial charge in [0, 0.05) is 24.3 Å². The second-order valence-corrected chi connectivity index (χ2v) is 13.4. The van der Waals surface area contributed by atoms with Crippen LogP contribution in [0.15, 0.2) is 72.8 Å². The number of piperidine rings is 1. The molecule has 1 aliphatic rings. The first kappa shape index (κ1) is 31.8. The Morgan fingerprint density at radius 1 is 0.907 bits per heavy atom. The summed E-state index contributed by atoms with van der Waals surface area (Å²) in [5, 5.41) is 5.98. The number of carbonyl (C=O) groups excluding carboxylic acids is 3. The van der Waals surface area contributed by atoms with Crippen molar-refractivity contribution < 1.29 is 19.1 Å². The van der Waals surface area contributed by atoms with E-state index in [0.29, 0.717) is 24.9 Å². The minimum absolute atomic E-state index is 0.0569. The molecule has 0 aromatic heterocycles. The summed E-state index contributed by atoms with van der Waals surface area (Å²) < 4.78 is 5.39. The number of aryl methyl sites for hydroxylation is 1. The SMILES string of the molecule is Cc1ccccc1C(=O)N1CCCC(C(=O)Nc2cccc(C(C)(C)C)c2)C1c1cccc(CNC(=O)OC(C)(C)C)c1. The maximum absolute atomic E-state index is 14.0. The van der Waals surface area contributed by atoms with Crippen molar-refractivity contribution in [3.63, 3.8) is 0 Å². The predicted molar refractivity (Wildman–Crippen MR) is 171 cm³/mol. The smallest absolute Gasteiger partial charge is 0.407 e. The van der Waals surface area contributed by atoms with Crippen LogP contribution in [-0.2, 0) is 21.5 Å². The first-order chi connectivity index (χ1) is 20.2. The lowest BCUT2D eigenvalue weighted by molar-refractivity contribution is -0.123. The third-order valence-corrected chi connectivity index (χ3v) is 7.73. The summed E-state index contributed by atoms with van der Waals surface area (Å²) in [5.74, 6) is -0.669. The summed E-state index contributed by atoms with van der Waals surface area (Å²) in [7, 11) is 0. The number of amides is 3. The Morgan fingerprint density at radius 2 is 1.63 bits per heavy atom. The Morgan fingerprint density at radius 3 is 2.33 bits per heavy atom. The van der Waals surface area contributed by atoms with Crippen LogP contribution in [0.2, 0.25) is 0 Å². The number of ether oxygens (including phenoxy) is 1. The highest BCUT2D eigenvalue weighted by Gasteiger charge is 2.40. The van der Waals surface area contributed by atoms with Gasteiger partial charge >= 0.3 is 6.09 Å². The van der Waals surface area contributed by atoms with Gasteiger partial charge in [-0.15, -0.1) is 0 Å². The standard InChI is InChI=1S/C36H45N3O4/c1-24-13-8-9-18-29(24)33(41)39-20-12-19-30(32(40)38-28-17-11-16-27(22-28)35(2,3)4)31(39)26-15-10-14-25(21-26)23-37-34(42)43-36(5,6)7/h8-11,13-18,21-22,30-31H,12,19-20,23H2,1-7H3,(H,37,42)(H,38,40). The van der Waals surface area contributed by atoms with Crippen molar-refractivity contribution in [1.29, 1.82) is 0 Å². The van der Waals surface area contributed by atoms with E-state index in [1.807, 2.05) is 99.3 Å². The van der Waals surface area contributed by atoms with Crippen LogP contribution >= 0.6 is 0 Å². The van der Waals surface area contributed by atoms with Gasteiger partial charge in [-0.3, -0.25) is 9.59 Å². The van der Waals surface area contributed by atoms with Crippen molar-refractivity contribution in [3.8, 4) is 0 Å². The molecule has 2 unspecified atom stereocenters. The van der Waals surface area contributed by atoms with Crippen LogP contribution in [0, 0.1) is 12.8 Å². The Balaban J connectivity index is 1.67. The van der Waals surface area contributed by atoms with Gasteiger partial charge in [0.15, 0.2) is 0 Å². The number of nitrogens with zero attached hydrogens (tertiary/aromatic N) is 1. The maximum atomic E-state index is 14.0. The van der Waals surface area contributed by atoms with Crippen LogP contribution in [0.3, 0.4) is 0 Å². The molecule has 1 fully saturated rings. The largest absolute Gasteiger partial charge is 0.444 e. The fourth-order valence-corrected chi connectivity index (χ4v) is 5.55. The van der Waals surface area contributed by atoms with Crippen LogP contribution in [-0.4, -0.2) is 35.0 Å². The van der Waals surface area contributed by atoms with Gasteiger partial charge in [-0.1, -0.05) is 75.4 Å². The number of nitrogens with one attached hydrogen (secondary N) is 2. The zero-order valence-corrected chi connectivity index (χ0v) is 26.5. The minimum Gasteiger partial charge on any atom is -0.444 e. The van der Waals surface area contributed by atoms with Gasteiger partial charge in [-0.2, -0.15) is 0 Å². The van der Waals surface area contributed by atoms with Crippen molar-refractivity contribution in [2.24, 2.45) is 5.92 Å². The average molecular weight is 584 g/mol. The summed E-state index contributed by atoms with van der Waals surface area (Å²) in [6.07, 6.45) is 0.864. The van der Waals surface area contributed by atoms with E-state index in [2.05, 4.69) is 37.5 Å². The first-order valence-electron chi connectivity index (χ1n) is 15.1. The Hall–Kier alpha value is -4.13. The van der Waals surface area contributed by atoms with E-state index in [1.54, 1.807) is 0 Å². The second kappa shape index (κ2) is 13.0. The molecular formula is C36H45N3O4. The topological polar surface area (TPSA) is 87.7 Å². The molecule has 0 aliphatic carbocycles. The van der Waals surface area contributed by atoms with Gasteiger partial charge in [0.1, 0.15) is 5.60 Å².